The Hall–Kier alpha value is -7.36. The number of nitrogens with zero attached hydrogens (tertiary/aromatic N) is 11. The minimum absolute atomic E-state index is 0.0755. The Kier molecular flexibility index (Phi) is 13.6. The number of benzene rings is 1. The summed E-state index contributed by atoms with van der Waals surface area (Å²) in [6.07, 6.45) is 4.32. The Morgan fingerprint density at radius 2 is 1.19 bits per heavy atom. The fourth-order valence-electron chi connectivity index (χ4n) is 6.25. The summed E-state index contributed by atoms with van der Waals surface area (Å²) in [7, 11) is 3.49. The molecule has 0 spiro atoms. The Morgan fingerprint density at radius 3 is 1.68 bits per heavy atom. The lowest BCUT2D eigenvalue weighted by Gasteiger charge is -2.32. The topological polar surface area (TPSA) is 236 Å². The highest BCUT2D eigenvalue weighted by molar-refractivity contribution is 6.30. The molecule has 8 heterocycles. The lowest BCUT2D eigenvalue weighted by molar-refractivity contribution is -0.134. The van der Waals surface area contributed by atoms with Gasteiger partial charge in [0.05, 0.1) is 16.6 Å². The van der Waals surface area contributed by atoms with Gasteiger partial charge in [-0.1, -0.05) is 41.4 Å². The molecule has 5 amide bonds. The number of likely N-dealkylation sites (N-methyl/N-ethyl adjacent to an activating group) is 2. The number of nitrogens with one attached hydrogen (secondary N) is 1. The second-order valence-electron chi connectivity index (χ2n) is 13.7. The lowest BCUT2D eigenvalue weighted by Crippen LogP contribution is -2.51. The summed E-state index contributed by atoms with van der Waals surface area (Å²) in [5.74, 6) is -0.209. The van der Waals surface area contributed by atoms with Crippen molar-refractivity contribution >= 4 is 70.7 Å². The van der Waals surface area contributed by atoms with Gasteiger partial charge in [-0.3, -0.25) is 34.0 Å². The number of halogens is 2. The van der Waals surface area contributed by atoms with Gasteiger partial charge in [0.25, 0.3) is 11.8 Å². The van der Waals surface area contributed by atoms with E-state index in [-0.39, 0.29) is 52.8 Å². The third-order valence-electron chi connectivity index (χ3n) is 9.56. The molecule has 324 valence electrons. The molecule has 0 radical (unpaired) electrons. The van der Waals surface area contributed by atoms with Crippen LogP contribution in [0.1, 0.15) is 44.8 Å². The molecule has 2 atom stereocenters. The molecule has 0 saturated carbocycles. The number of para-hydroxylation sites is 1. The molecule has 0 bridgehead atoms. The van der Waals surface area contributed by atoms with Gasteiger partial charge in [-0.05, 0) is 36.4 Å². The van der Waals surface area contributed by atoms with E-state index >= 15 is 0 Å². The number of hydrogen-bond acceptors (Lipinski definition) is 16. The second-order valence-corrected chi connectivity index (χ2v) is 14.6. The van der Waals surface area contributed by atoms with Crippen LogP contribution in [0, 0.1) is 0 Å². The summed E-state index contributed by atoms with van der Waals surface area (Å²) in [6.45, 7) is 2.92. The van der Waals surface area contributed by atoms with Crippen LogP contribution in [-0.2, 0) is 19.1 Å². The number of ether oxygens (including phenoxy) is 3. The highest BCUT2D eigenvalue weighted by atomic mass is 35.5. The zero-order valence-electron chi connectivity index (χ0n) is 33.4. The summed E-state index contributed by atoms with van der Waals surface area (Å²) < 4.78 is 16.1. The predicted octanol–water partition coefficient (Wildman–Crippen LogP) is 3.54. The van der Waals surface area contributed by atoms with Crippen molar-refractivity contribution in [1.29, 1.82) is 0 Å². The molecule has 1 aromatic carbocycles. The van der Waals surface area contributed by atoms with E-state index in [2.05, 4.69) is 35.2 Å². The molecule has 5 aromatic rings. The quantitative estimate of drug-likeness (QED) is 0.196. The molecule has 23 heteroatoms. The first-order chi connectivity index (χ1) is 30.4. The maximum atomic E-state index is 12.8. The van der Waals surface area contributed by atoms with E-state index in [1.807, 2.05) is 7.05 Å². The number of piperazine rings is 2. The average molecular weight is 900 g/mol. The number of aromatic nitrogens is 6. The van der Waals surface area contributed by atoms with Crippen molar-refractivity contribution in [2.24, 2.45) is 0 Å². The zero-order valence-corrected chi connectivity index (χ0v) is 34.9. The standard InChI is InChI=1S/C18H11ClN4O4.C17H15ClN6O4.C5H10N2O/c19-11-6-7-13(22-10-11)23-16(24)14-15(21-9-8-20-14)17(23)27-18(25)26-12-4-2-1-3-5-12;1-22-6-7-23(9-12(22)25)17(27)28-16-14-13(19-4-5-20-14)15(26)24(16)11-3-2-10(18)8-21-11;1-7-3-2-6-4-5(7)8/h1-10,17H;2-5,8,16H,6-7,9H2,1H3;6H,2-4H2,1H3. The lowest BCUT2D eigenvalue weighted by atomic mass is 10.3. The third kappa shape index (κ3) is 10.1. The van der Waals surface area contributed by atoms with Gasteiger partial charge < -0.3 is 29.3 Å². The van der Waals surface area contributed by atoms with Crippen LogP contribution in [0.4, 0.5) is 21.2 Å². The van der Waals surface area contributed by atoms with Gasteiger partial charge in [0.15, 0.2) is 11.4 Å². The van der Waals surface area contributed by atoms with Crippen molar-refractivity contribution < 1.29 is 43.0 Å². The van der Waals surface area contributed by atoms with Crippen molar-refractivity contribution in [1.82, 2.24) is 49.9 Å². The van der Waals surface area contributed by atoms with E-state index in [0.717, 1.165) is 13.1 Å². The molecular weight excluding hydrogens is 863 g/mol. The number of fused-ring (bicyclic) bond motifs is 2. The van der Waals surface area contributed by atoms with Gasteiger partial charge >= 0.3 is 12.2 Å². The molecule has 4 aliphatic rings. The van der Waals surface area contributed by atoms with E-state index < -0.39 is 36.5 Å². The molecule has 2 unspecified atom stereocenters. The maximum absolute atomic E-state index is 12.8. The minimum Gasteiger partial charge on any atom is -0.419 e. The number of carbonyl (C=O) groups is 6. The van der Waals surface area contributed by atoms with Crippen LogP contribution >= 0.6 is 23.2 Å². The number of amides is 5. The van der Waals surface area contributed by atoms with Crippen molar-refractivity contribution in [2.45, 2.75) is 12.5 Å². The molecule has 4 aliphatic heterocycles. The first kappa shape index (κ1) is 43.7. The Morgan fingerprint density at radius 1 is 0.651 bits per heavy atom. The monoisotopic (exact) mass is 898 g/mol. The normalized spacial score (nSPS) is 17.8. The molecular formula is C40H36Cl2N12O9. The van der Waals surface area contributed by atoms with Crippen LogP contribution in [-0.4, -0.2) is 134 Å². The molecule has 1 N–H and O–H groups in total. The molecule has 21 nitrogen and oxygen atoms in total. The van der Waals surface area contributed by atoms with Crippen LogP contribution in [0.5, 0.6) is 5.75 Å². The van der Waals surface area contributed by atoms with Gasteiger partial charge in [0.1, 0.15) is 35.3 Å². The summed E-state index contributed by atoms with van der Waals surface area (Å²) in [4.78, 5) is 105. The number of carbonyl (C=O) groups excluding carboxylic acids is 6. The Balaban J connectivity index is 0.000000161. The fourth-order valence-corrected chi connectivity index (χ4v) is 6.47. The van der Waals surface area contributed by atoms with Gasteiger partial charge in [0, 0.05) is 77.5 Å². The van der Waals surface area contributed by atoms with Gasteiger partial charge in [0.2, 0.25) is 24.3 Å². The van der Waals surface area contributed by atoms with Crippen LogP contribution in [0.2, 0.25) is 10.0 Å². The smallest absolute Gasteiger partial charge is 0.419 e. The SMILES string of the molecule is CN1CCN(C(=O)OC2c3nccnc3C(=O)N2c2ccc(Cl)cn2)CC1=O.CN1CCNCC1=O.O=C(Oc1ccccc1)OC1c2nccnc2C(=O)N1c1ccc(Cl)cn1. The molecule has 4 aromatic heterocycles. The van der Waals surface area contributed by atoms with Gasteiger partial charge in [-0.15, -0.1) is 0 Å². The van der Waals surface area contributed by atoms with Crippen molar-refractivity contribution in [2.75, 3.05) is 63.2 Å². The number of rotatable bonds is 5. The molecule has 2 fully saturated rings. The van der Waals surface area contributed by atoms with Crippen molar-refractivity contribution in [3.63, 3.8) is 0 Å². The van der Waals surface area contributed by atoms with E-state index in [1.54, 1.807) is 54.4 Å². The predicted molar refractivity (Wildman–Crippen MR) is 221 cm³/mol. The van der Waals surface area contributed by atoms with E-state index in [4.69, 9.17) is 37.4 Å². The van der Waals surface area contributed by atoms with E-state index in [0.29, 0.717) is 35.4 Å². The van der Waals surface area contributed by atoms with Gasteiger partial charge in [-0.25, -0.2) is 39.3 Å². The third-order valence-corrected chi connectivity index (χ3v) is 10.0. The largest absolute Gasteiger partial charge is 0.516 e. The second kappa shape index (κ2) is 19.6. The summed E-state index contributed by atoms with van der Waals surface area (Å²) in [5.41, 5.74) is 0.556. The highest BCUT2D eigenvalue weighted by Gasteiger charge is 2.45. The molecule has 2 saturated heterocycles. The highest BCUT2D eigenvalue weighted by Crippen LogP contribution is 2.37. The Bertz CT molecular complexity index is 2510. The van der Waals surface area contributed by atoms with Crippen LogP contribution in [0.25, 0.3) is 0 Å². The number of anilines is 2. The van der Waals surface area contributed by atoms with Gasteiger partial charge in [-0.2, -0.15) is 0 Å². The number of hydrogen-bond donors (Lipinski definition) is 1. The van der Waals surface area contributed by atoms with Crippen molar-refractivity contribution in [3.8, 4) is 5.75 Å². The summed E-state index contributed by atoms with van der Waals surface area (Å²) in [6, 6.07) is 14.6. The molecule has 0 aliphatic carbocycles. The van der Waals surface area contributed by atoms with E-state index in [9.17, 15) is 28.8 Å². The number of pyridine rings is 2. The zero-order chi connectivity index (χ0) is 44.6. The Labute approximate surface area is 368 Å². The molecule has 63 heavy (non-hydrogen) atoms. The summed E-state index contributed by atoms with van der Waals surface area (Å²) >= 11 is 11.7. The first-order valence-corrected chi connectivity index (χ1v) is 19.7. The maximum Gasteiger partial charge on any atom is 0.516 e. The van der Waals surface area contributed by atoms with Crippen LogP contribution in [0.15, 0.2) is 91.8 Å². The van der Waals surface area contributed by atoms with Crippen molar-refractivity contribution in [3.05, 3.63) is 125 Å². The fraction of sp³-hybridized carbons (Fsp3) is 0.250. The first-order valence-electron chi connectivity index (χ1n) is 19.0. The van der Waals surface area contributed by atoms with Crippen LogP contribution in [0.3, 0.4) is 0 Å². The average Bonchev–Trinajstić information content (AvgIpc) is 3.72. The summed E-state index contributed by atoms with van der Waals surface area (Å²) in [5, 5.41) is 3.77. The van der Waals surface area contributed by atoms with E-state index in [1.165, 1.54) is 68.9 Å². The molecule has 9 rings (SSSR count). The van der Waals surface area contributed by atoms with Crippen LogP contribution < -0.4 is 19.9 Å². The minimum atomic E-state index is -1.16.